The minimum absolute atomic E-state index is 0.0348. The van der Waals surface area contributed by atoms with Crippen molar-refractivity contribution in [1.29, 1.82) is 0 Å². The second-order valence-corrected chi connectivity index (χ2v) is 19.2. The number of rotatable bonds is 35. The molecule has 1 unspecified atom stereocenters. The van der Waals surface area contributed by atoms with Gasteiger partial charge in [0, 0.05) is 18.7 Å². The van der Waals surface area contributed by atoms with Gasteiger partial charge in [0.05, 0.1) is 13.2 Å². The lowest BCUT2D eigenvalue weighted by molar-refractivity contribution is -0.154. The highest BCUT2D eigenvalue weighted by Crippen LogP contribution is 2.43. The molecule has 0 aromatic heterocycles. The number of carbonyl (C=O) groups excluding carboxylic acids is 2. The number of phosphoric ester groups is 1. The fourth-order valence-electron chi connectivity index (χ4n) is 6.88. The highest BCUT2D eigenvalue weighted by atomic mass is 31.2. The summed E-state index contributed by atoms with van der Waals surface area (Å²) in [7, 11) is -4.43. The molecule has 0 spiro atoms. The van der Waals surface area contributed by atoms with Gasteiger partial charge in [-0.2, -0.15) is 0 Å². The fraction of sp³-hybridized carbons (Fsp3) is 0.867. The van der Waals surface area contributed by atoms with Crippen molar-refractivity contribution in [2.75, 3.05) is 26.4 Å². The first kappa shape index (κ1) is 53.5. The summed E-state index contributed by atoms with van der Waals surface area (Å²) < 4.78 is 33.0. The van der Waals surface area contributed by atoms with Crippen LogP contribution < -0.4 is 5.73 Å². The van der Waals surface area contributed by atoms with Gasteiger partial charge in [0.1, 0.15) is 6.61 Å². The lowest BCUT2D eigenvalue weighted by Gasteiger charge is -2.19. The molecular weight excluding hydrogens is 713 g/mol. The molecule has 6 atom stereocenters. The van der Waals surface area contributed by atoms with Crippen LogP contribution in [0.4, 0.5) is 0 Å². The Balaban J connectivity index is 4.83. The zero-order valence-corrected chi connectivity index (χ0v) is 38.0. The van der Waals surface area contributed by atoms with Crippen LogP contribution in [0, 0.1) is 35.5 Å². The SMILES string of the molecule is C/C(=C\C(=O)OC[C@@H](COP(=O)(O)OCCN)OC(=O)/C=C(\C)CCC[C@H](C)CCC[C@H](C)CCCC(C)C)CCC[C@H](C)CCC[C@H](C)CCCC(C)C. The van der Waals surface area contributed by atoms with E-state index in [2.05, 4.69) is 55.4 Å². The minimum Gasteiger partial charge on any atom is -0.458 e. The maximum absolute atomic E-state index is 12.8. The standard InChI is InChI=1S/C45H86NO8P/c1-35(2)17-11-19-37(5)21-13-23-39(7)25-15-27-41(9)31-44(47)51-33-43(34-53-55(49,50)52-30-29-46)54-45(48)32-42(10)28-16-26-40(8)24-14-22-38(6)20-12-18-36(3)4/h31-32,35-40,43H,11-30,33-34,46H2,1-10H3,(H,49,50)/b41-31+,42-32+/t37-,38-,39-,40-,43+/m1/s1. The van der Waals surface area contributed by atoms with Gasteiger partial charge in [0.25, 0.3) is 0 Å². The second-order valence-electron chi connectivity index (χ2n) is 17.8. The van der Waals surface area contributed by atoms with Crippen LogP contribution in [0.2, 0.25) is 0 Å². The molecule has 10 heteroatoms. The van der Waals surface area contributed by atoms with Crippen LogP contribution in [0.3, 0.4) is 0 Å². The number of ether oxygens (including phenoxy) is 2. The molecule has 0 aromatic rings. The van der Waals surface area contributed by atoms with Crippen molar-refractivity contribution in [3.05, 3.63) is 23.3 Å². The maximum Gasteiger partial charge on any atom is 0.472 e. The number of nitrogens with two attached hydrogens (primary N) is 1. The van der Waals surface area contributed by atoms with Gasteiger partial charge in [-0.3, -0.25) is 9.05 Å². The predicted octanol–water partition coefficient (Wildman–Crippen LogP) is 12.3. The summed E-state index contributed by atoms with van der Waals surface area (Å²) >= 11 is 0. The van der Waals surface area contributed by atoms with Gasteiger partial charge in [-0.15, -0.1) is 0 Å². The molecule has 0 aromatic carbocycles. The highest BCUT2D eigenvalue weighted by Gasteiger charge is 2.25. The van der Waals surface area contributed by atoms with E-state index in [4.69, 9.17) is 24.3 Å². The largest absolute Gasteiger partial charge is 0.472 e. The first-order valence-electron chi connectivity index (χ1n) is 22.0. The summed E-state index contributed by atoms with van der Waals surface area (Å²) in [5.41, 5.74) is 7.17. The average molecular weight is 800 g/mol. The summed E-state index contributed by atoms with van der Waals surface area (Å²) in [5.74, 6) is 3.22. The van der Waals surface area contributed by atoms with E-state index in [1.165, 1.54) is 89.2 Å². The summed E-state index contributed by atoms with van der Waals surface area (Å²) in [6, 6.07) is 0. The van der Waals surface area contributed by atoms with Gasteiger partial charge >= 0.3 is 19.8 Å². The van der Waals surface area contributed by atoms with Crippen molar-refractivity contribution in [3.63, 3.8) is 0 Å². The molecule has 55 heavy (non-hydrogen) atoms. The summed E-state index contributed by atoms with van der Waals surface area (Å²) in [6.45, 7) is 21.4. The molecule has 0 heterocycles. The number of hydrogen-bond acceptors (Lipinski definition) is 8. The van der Waals surface area contributed by atoms with Crippen molar-refractivity contribution in [3.8, 4) is 0 Å². The van der Waals surface area contributed by atoms with Gasteiger partial charge < -0.3 is 20.1 Å². The molecule has 0 aliphatic rings. The first-order valence-corrected chi connectivity index (χ1v) is 23.4. The Morgan fingerprint density at radius 2 is 0.964 bits per heavy atom. The van der Waals surface area contributed by atoms with Crippen molar-refractivity contribution in [2.45, 2.75) is 191 Å². The molecule has 0 fully saturated rings. The zero-order valence-electron chi connectivity index (χ0n) is 37.1. The van der Waals surface area contributed by atoms with Gasteiger partial charge in [-0.05, 0) is 75.0 Å². The normalized spacial score (nSPS) is 16.5. The Morgan fingerprint density at radius 1 is 0.582 bits per heavy atom. The van der Waals surface area contributed by atoms with E-state index in [0.29, 0.717) is 11.8 Å². The minimum atomic E-state index is -4.43. The third-order valence-corrected chi connectivity index (χ3v) is 11.5. The van der Waals surface area contributed by atoms with E-state index < -0.39 is 32.5 Å². The molecule has 0 bridgehead atoms. The van der Waals surface area contributed by atoms with E-state index >= 15 is 0 Å². The molecule has 3 N–H and O–H groups in total. The Hall–Kier alpha value is -1.51. The number of allylic oxidation sites excluding steroid dienone is 2. The van der Waals surface area contributed by atoms with Gasteiger partial charge in [-0.1, -0.05) is 156 Å². The van der Waals surface area contributed by atoms with Crippen LogP contribution in [0.1, 0.15) is 185 Å². The monoisotopic (exact) mass is 800 g/mol. The van der Waals surface area contributed by atoms with Crippen LogP contribution in [0.5, 0.6) is 0 Å². The Kier molecular flexibility index (Phi) is 31.6. The van der Waals surface area contributed by atoms with Crippen LogP contribution in [0.15, 0.2) is 23.3 Å². The smallest absolute Gasteiger partial charge is 0.458 e. The Labute approximate surface area is 338 Å². The van der Waals surface area contributed by atoms with E-state index in [-0.39, 0.29) is 19.8 Å². The zero-order chi connectivity index (χ0) is 41.6. The van der Waals surface area contributed by atoms with E-state index in [1.54, 1.807) is 0 Å². The average Bonchev–Trinajstić information content (AvgIpc) is 3.08. The number of esters is 2. The molecule has 0 aliphatic carbocycles. The molecule has 0 rings (SSSR count). The lowest BCUT2D eigenvalue weighted by Crippen LogP contribution is -2.29. The molecule has 9 nitrogen and oxygen atoms in total. The molecule has 0 saturated carbocycles. The van der Waals surface area contributed by atoms with E-state index in [0.717, 1.165) is 73.3 Å². The molecule has 0 aliphatic heterocycles. The van der Waals surface area contributed by atoms with Gasteiger partial charge in [0.2, 0.25) is 0 Å². The van der Waals surface area contributed by atoms with Crippen molar-refractivity contribution in [2.24, 2.45) is 41.2 Å². The first-order chi connectivity index (χ1) is 25.9. The van der Waals surface area contributed by atoms with Crippen LogP contribution in [-0.4, -0.2) is 49.3 Å². The van der Waals surface area contributed by atoms with Gasteiger partial charge in [0.15, 0.2) is 6.10 Å². The number of hydrogen-bond donors (Lipinski definition) is 2. The molecule has 0 saturated heterocycles. The molecule has 0 radical (unpaired) electrons. The predicted molar refractivity (Wildman–Crippen MR) is 229 cm³/mol. The molecule has 324 valence electrons. The summed E-state index contributed by atoms with van der Waals surface area (Å²) in [6.07, 6.45) is 23.0. The molecule has 0 amide bonds. The second kappa shape index (κ2) is 32.4. The van der Waals surface area contributed by atoms with Crippen molar-refractivity contribution in [1.82, 2.24) is 0 Å². The maximum atomic E-state index is 12.8. The van der Waals surface area contributed by atoms with Crippen molar-refractivity contribution >= 4 is 19.8 Å². The Bertz CT molecular complexity index is 1110. The highest BCUT2D eigenvalue weighted by molar-refractivity contribution is 7.47. The topological polar surface area (TPSA) is 134 Å². The number of phosphoric acid groups is 1. The van der Waals surface area contributed by atoms with Crippen LogP contribution in [-0.2, 0) is 32.7 Å². The summed E-state index contributed by atoms with van der Waals surface area (Å²) in [4.78, 5) is 35.5. The van der Waals surface area contributed by atoms with E-state index in [1.807, 2.05) is 13.8 Å². The summed E-state index contributed by atoms with van der Waals surface area (Å²) in [5, 5.41) is 0. The quantitative estimate of drug-likeness (QED) is 0.0365. The van der Waals surface area contributed by atoms with Crippen molar-refractivity contribution < 1.29 is 37.6 Å². The Morgan fingerprint density at radius 3 is 1.36 bits per heavy atom. The van der Waals surface area contributed by atoms with Gasteiger partial charge in [-0.25, -0.2) is 14.2 Å². The molecular formula is C45H86NO8P. The third-order valence-electron chi connectivity index (χ3n) is 10.5. The van der Waals surface area contributed by atoms with Crippen LogP contribution >= 0.6 is 7.82 Å². The lowest BCUT2D eigenvalue weighted by atomic mass is 9.91. The number of carbonyl (C=O) groups is 2. The van der Waals surface area contributed by atoms with Crippen LogP contribution in [0.25, 0.3) is 0 Å². The van der Waals surface area contributed by atoms with E-state index in [9.17, 15) is 19.0 Å². The fourth-order valence-corrected chi connectivity index (χ4v) is 7.64. The third kappa shape index (κ3) is 34.3.